The quantitative estimate of drug-likeness (QED) is 0.615. The zero-order chi connectivity index (χ0) is 16.8. The number of carboxylic acid groups (broad SMARTS) is 1. The summed E-state index contributed by atoms with van der Waals surface area (Å²) in [6.45, 7) is 0. The van der Waals surface area contributed by atoms with Crippen molar-refractivity contribution in [3.05, 3.63) is 35.9 Å². The molecule has 124 valence electrons. The molecule has 0 saturated carbocycles. The van der Waals surface area contributed by atoms with Gasteiger partial charge in [0.25, 0.3) is 0 Å². The lowest BCUT2D eigenvalue weighted by Gasteiger charge is -2.24. The van der Waals surface area contributed by atoms with Crippen LogP contribution in [-0.2, 0) is 25.5 Å². The third-order valence-corrected chi connectivity index (χ3v) is 3.82. The highest BCUT2D eigenvalue weighted by atomic mass is 16.5. The molecule has 1 aromatic rings. The van der Waals surface area contributed by atoms with Gasteiger partial charge in [-0.15, -0.1) is 0 Å². The molecule has 1 heterocycles. The Kier molecular flexibility index (Phi) is 5.70. The number of hydrogen-bond donors (Lipinski definition) is 3. The minimum absolute atomic E-state index is 0.139. The largest absolute Gasteiger partial charge is 0.481 e. The van der Waals surface area contributed by atoms with Crippen LogP contribution in [0.4, 0.5) is 0 Å². The summed E-state index contributed by atoms with van der Waals surface area (Å²) >= 11 is 0. The van der Waals surface area contributed by atoms with E-state index in [0.717, 1.165) is 5.56 Å². The number of benzene rings is 1. The number of amides is 1. The molecule has 1 fully saturated rings. The maximum Gasteiger partial charge on any atom is 0.323 e. The SMILES string of the molecule is COC(=O)[C@H](Cc1ccccc1)N[C@H]1CC(=O)N[C@H]1CC(=O)O. The number of nitrogens with one attached hydrogen (secondary N) is 2. The smallest absolute Gasteiger partial charge is 0.323 e. The molecule has 1 aliphatic heterocycles. The summed E-state index contributed by atoms with van der Waals surface area (Å²) in [7, 11) is 1.30. The van der Waals surface area contributed by atoms with Crippen molar-refractivity contribution in [1.29, 1.82) is 0 Å². The second-order valence-electron chi connectivity index (χ2n) is 5.51. The van der Waals surface area contributed by atoms with Gasteiger partial charge >= 0.3 is 11.9 Å². The minimum Gasteiger partial charge on any atom is -0.481 e. The van der Waals surface area contributed by atoms with Crippen molar-refractivity contribution < 1.29 is 24.2 Å². The fraction of sp³-hybridized carbons (Fsp3) is 0.438. The molecule has 7 heteroatoms. The first kappa shape index (κ1) is 17.0. The Morgan fingerprint density at radius 3 is 2.70 bits per heavy atom. The first-order valence-corrected chi connectivity index (χ1v) is 7.38. The van der Waals surface area contributed by atoms with E-state index in [2.05, 4.69) is 10.6 Å². The number of ether oxygens (including phenoxy) is 1. The molecular weight excluding hydrogens is 300 g/mol. The van der Waals surface area contributed by atoms with Gasteiger partial charge in [0, 0.05) is 12.5 Å². The number of carbonyl (C=O) groups is 3. The van der Waals surface area contributed by atoms with Gasteiger partial charge in [0.05, 0.1) is 19.6 Å². The first-order valence-electron chi connectivity index (χ1n) is 7.38. The molecule has 1 aliphatic rings. The fourth-order valence-corrected chi connectivity index (χ4v) is 2.73. The van der Waals surface area contributed by atoms with Gasteiger partial charge in [-0.2, -0.15) is 0 Å². The summed E-state index contributed by atoms with van der Waals surface area (Å²) in [6.07, 6.45) is 0.348. The van der Waals surface area contributed by atoms with Crippen molar-refractivity contribution in [2.75, 3.05) is 7.11 Å². The summed E-state index contributed by atoms with van der Waals surface area (Å²) < 4.78 is 4.81. The first-order chi connectivity index (χ1) is 11.0. The molecule has 0 bridgehead atoms. The highest BCUT2D eigenvalue weighted by molar-refractivity contribution is 5.82. The van der Waals surface area contributed by atoms with Crippen LogP contribution >= 0.6 is 0 Å². The molecule has 23 heavy (non-hydrogen) atoms. The lowest BCUT2D eigenvalue weighted by molar-refractivity contribution is -0.143. The van der Waals surface area contributed by atoms with E-state index in [1.165, 1.54) is 7.11 Å². The topological polar surface area (TPSA) is 105 Å². The van der Waals surface area contributed by atoms with Crippen LogP contribution in [0.1, 0.15) is 18.4 Å². The highest BCUT2D eigenvalue weighted by Crippen LogP contribution is 2.14. The van der Waals surface area contributed by atoms with Crippen LogP contribution in [0.2, 0.25) is 0 Å². The van der Waals surface area contributed by atoms with E-state index in [4.69, 9.17) is 9.84 Å². The molecule has 0 radical (unpaired) electrons. The number of aliphatic carboxylic acids is 1. The molecule has 3 N–H and O–H groups in total. The summed E-state index contributed by atoms with van der Waals surface area (Å²) in [5, 5.41) is 14.6. The Balaban J connectivity index is 2.08. The normalized spacial score (nSPS) is 21.5. The van der Waals surface area contributed by atoms with Crippen molar-refractivity contribution in [1.82, 2.24) is 10.6 Å². The number of carbonyl (C=O) groups excluding carboxylic acids is 2. The molecule has 1 amide bonds. The van der Waals surface area contributed by atoms with Gasteiger partial charge in [-0.1, -0.05) is 30.3 Å². The van der Waals surface area contributed by atoms with Gasteiger partial charge in [0.15, 0.2) is 0 Å². The average molecular weight is 320 g/mol. The Bertz CT molecular complexity index is 575. The molecule has 7 nitrogen and oxygen atoms in total. The standard InChI is InChI=1S/C16H20N2O5/c1-23-16(22)13(7-10-5-3-2-4-6-10)17-11-8-14(19)18-12(11)9-15(20)21/h2-6,11-13,17H,7-9H2,1H3,(H,18,19)(H,20,21)/t11-,12-,13-/m0/s1. The van der Waals surface area contributed by atoms with Gasteiger partial charge in [0.1, 0.15) is 6.04 Å². The maximum absolute atomic E-state index is 12.0. The van der Waals surface area contributed by atoms with Gasteiger partial charge in [-0.25, -0.2) is 0 Å². The molecule has 0 aromatic heterocycles. The maximum atomic E-state index is 12.0. The molecule has 0 unspecified atom stereocenters. The van der Waals surface area contributed by atoms with Crippen LogP contribution in [0.5, 0.6) is 0 Å². The van der Waals surface area contributed by atoms with Gasteiger partial charge < -0.3 is 15.2 Å². The van der Waals surface area contributed by atoms with E-state index in [-0.39, 0.29) is 18.7 Å². The van der Waals surface area contributed by atoms with E-state index in [0.29, 0.717) is 6.42 Å². The van der Waals surface area contributed by atoms with Crippen molar-refractivity contribution in [3.8, 4) is 0 Å². The van der Waals surface area contributed by atoms with Crippen LogP contribution in [0.15, 0.2) is 30.3 Å². The zero-order valence-electron chi connectivity index (χ0n) is 12.8. The van der Waals surface area contributed by atoms with Crippen LogP contribution in [0, 0.1) is 0 Å². The van der Waals surface area contributed by atoms with Crippen molar-refractivity contribution >= 4 is 17.8 Å². The van der Waals surface area contributed by atoms with E-state index in [1.54, 1.807) is 0 Å². The van der Waals surface area contributed by atoms with Crippen molar-refractivity contribution in [2.45, 2.75) is 37.4 Å². The second kappa shape index (κ2) is 7.73. The summed E-state index contributed by atoms with van der Waals surface area (Å²) in [6, 6.07) is 7.81. The zero-order valence-corrected chi connectivity index (χ0v) is 12.8. The summed E-state index contributed by atoms with van der Waals surface area (Å²) in [5.41, 5.74) is 0.947. The fourth-order valence-electron chi connectivity index (χ4n) is 2.73. The summed E-state index contributed by atoms with van der Waals surface area (Å²) in [4.78, 5) is 34.5. The molecule has 0 aliphatic carbocycles. The Morgan fingerprint density at radius 2 is 2.09 bits per heavy atom. The van der Waals surface area contributed by atoms with Gasteiger partial charge in [-0.05, 0) is 12.0 Å². The lowest BCUT2D eigenvalue weighted by Crippen LogP contribution is -2.50. The van der Waals surface area contributed by atoms with E-state index >= 15 is 0 Å². The molecule has 1 saturated heterocycles. The number of esters is 1. The number of hydrogen-bond acceptors (Lipinski definition) is 5. The summed E-state index contributed by atoms with van der Waals surface area (Å²) in [5.74, 6) is -1.67. The predicted molar refractivity (Wildman–Crippen MR) is 81.7 cm³/mol. The number of methoxy groups -OCH3 is 1. The molecule has 1 aromatic carbocycles. The van der Waals surface area contributed by atoms with E-state index in [9.17, 15) is 14.4 Å². The Morgan fingerprint density at radius 1 is 1.39 bits per heavy atom. The monoisotopic (exact) mass is 320 g/mol. The van der Waals surface area contributed by atoms with Crippen LogP contribution < -0.4 is 10.6 Å². The molecule has 0 spiro atoms. The molecule has 2 rings (SSSR count). The number of carboxylic acids is 1. The molecular formula is C16H20N2O5. The third kappa shape index (κ3) is 4.79. The van der Waals surface area contributed by atoms with Gasteiger partial charge in [-0.3, -0.25) is 19.7 Å². The third-order valence-electron chi connectivity index (χ3n) is 3.82. The lowest BCUT2D eigenvalue weighted by atomic mass is 10.0. The predicted octanol–water partition coefficient (Wildman–Crippen LogP) is 0.0921. The Hall–Kier alpha value is -2.41. The number of rotatable bonds is 7. The second-order valence-corrected chi connectivity index (χ2v) is 5.51. The Labute approximate surface area is 134 Å². The average Bonchev–Trinajstić information content (AvgIpc) is 2.85. The van der Waals surface area contributed by atoms with Crippen molar-refractivity contribution in [3.63, 3.8) is 0 Å². The van der Waals surface area contributed by atoms with Crippen molar-refractivity contribution in [2.24, 2.45) is 0 Å². The van der Waals surface area contributed by atoms with Crippen LogP contribution in [0.25, 0.3) is 0 Å². The van der Waals surface area contributed by atoms with Gasteiger partial charge in [0.2, 0.25) is 5.91 Å². The van der Waals surface area contributed by atoms with E-state index in [1.807, 2.05) is 30.3 Å². The van der Waals surface area contributed by atoms with Crippen LogP contribution in [-0.4, -0.2) is 48.2 Å². The molecule has 3 atom stereocenters. The van der Waals surface area contributed by atoms with E-state index < -0.39 is 30.1 Å². The minimum atomic E-state index is -0.998. The highest BCUT2D eigenvalue weighted by Gasteiger charge is 2.36. The van der Waals surface area contributed by atoms with Crippen LogP contribution in [0.3, 0.4) is 0 Å².